The van der Waals surface area contributed by atoms with Crippen LogP contribution >= 0.6 is 29.5 Å². The van der Waals surface area contributed by atoms with Crippen LogP contribution in [0, 0.1) is 0 Å². The summed E-state index contributed by atoms with van der Waals surface area (Å²) in [7, 11) is -15.4. The highest BCUT2D eigenvalue weighted by molar-refractivity contribution is 7.67. The van der Waals surface area contributed by atoms with Gasteiger partial charge in [0.05, 0.1) is 25.1 Å². The third-order valence-corrected chi connectivity index (χ3v) is 16.7. The molecule has 16 heteroatoms. The van der Waals surface area contributed by atoms with Gasteiger partial charge in [-0.25, -0.2) is 0 Å². The summed E-state index contributed by atoms with van der Waals surface area (Å²) >= 11 is 0. The Bertz CT molecular complexity index is 1620. The normalized spacial score (nSPS) is 21.0. The summed E-state index contributed by atoms with van der Waals surface area (Å²) in [5.41, 5.74) is 0. The monoisotopic (exact) mass is 788 g/mol. The maximum atomic E-state index is 13.7. The molecule has 12 nitrogen and oxygen atoms in total. The lowest BCUT2D eigenvalue weighted by Gasteiger charge is -2.36. The highest BCUT2D eigenvalue weighted by Crippen LogP contribution is 2.43. The fourth-order valence-electron chi connectivity index (χ4n) is 6.20. The van der Waals surface area contributed by atoms with Crippen LogP contribution < -0.4 is 21.2 Å². The van der Waals surface area contributed by atoms with Gasteiger partial charge in [0.25, 0.3) is 0 Å². The van der Waals surface area contributed by atoms with Crippen molar-refractivity contribution < 1.29 is 37.8 Å². The largest absolute Gasteiger partial charge is 0.340 e. The van der Waals surface area contributed by atoms with Crippen molar-refractivity contribution in [3.05, 3.63) is 121 Å². The third kappa shape index (κ3) is 11.7. The highest BCUT2D eigenvalue weighted by Gasteiger charge is 2.32. The molecule has 1 heterocycles. The smallest absolute Gasteiger partial charge is 0.243 e. The van der Waals surface area contributed by atoms with Crippen LogP contribution in [0.2, 0.25) is 0 Å². The molecule has 1 fully saturated rings. The molecule has 52 heavy (non-hydrogen) atoms. The van der Waals surface area contributed by atoms with Gasteiger partial charge in [0.15, 0.2) is 0 Å². The number of rotatable bonds is 12. The molecule has 4 aromatic carbocycles. The average Bonchev–Trinajstić information content (AvgIpc) is 3.14. The van der Waals surface area contributed by atoms with Crippen LogP contribution in [0.1, 0.15) is 0 Å². The van der Waals surface area contributed by atoms with E-state index in [4.69, 9.17) is 0 Å². The van der Waals surface area contributed by atoms with E-state index in [9.17, 15) is 37.8 Å². The highest BCUT2D eigenvalue weighted by atomic mass is 31.2. The van der Waals surface area contributed by atoms with E-state index in [0.717, 1.165) is 0 Å². The number of nitrogens with zero attached hydrogens (tertiary/aromatic N) is 4. The Kier molecular flexibility index (Phi) is 14.2. The lowest BCUT2D eigenvalue weighted by atomic mass is 10.4. The SMILES string of the molecule is O=P(O)(CN1CCN(CP(=O)(O)c2ccccc2)CCN(CP(=O)(O)c2ccccc2)CCN(CP(=O)(O)c2ccccc2)CC1)c1ccccc1. The zero-order valence-electron chi connectivity index (χ0n) is 29.0. The van der Waals surface area contributed by atoms with Gasteiger partial charge < -0.3 is 19.6 Å². The maximum Gasteiger partial charge on any atom is 0.243 e. The molecule has 0 aliphatic carbocycles. The van der Waals surface area contributed by atoms with Crippen molar-refractivity contribution in [1.82, 2.24) is 19.6 Å². The summed E-state index contributed by atoms with van der Waals surface area (Å²) in [6.45, 7) is 2.10. The molecule has 1 aliphatic rings. The Morgan fingerprint density at radius 3 is 0.635 bits per heavy atom. The molecular formula is C36H48N4O8P4. The summed E-state index contributed by atoms with van der Waals surface area (Å²) < 4.78 is 54.8. The first kappa shape index (κ1) is 40.7. The molecule has 1 saturated heterocycles. The van der Waals surface area contributed by atoms with Gasteiger partial charge in [-0.1, -0.05) is 72.8 Å². The maximum absolute atomic E-state index is 13.7. The van der Waals surface area contributed by atoms with Crippen LogP contribution in [0.4, 0.5) is 0 Å². The predicted molar refractivity (Wildman–Crippen MR) is 209 cm³/mol. The summed E-state index contributed by atoms with van der Waals surface area (Å²) in [5.74, 6) is 0. The molecule has 4 atom stereocenters. The minimum Gasteiger partial charge on any atom is -0.340 e. The van der Waals surface area contributed by atoms with Gasteiger partial charge in [-0.2, -0.15) is 0 Å². The van der Waals surface area contributed by atoms with Gasteiger partial charge in [-0.3, -0.25) is 37.9 Å². The number of hydrogen-bond acceptors (Lipinski definition) is 8. The fourth-order valence-corrected chi connectivity index (χ4v) is 12.7. The second-order valence-corrected chi connectivity index (χ2v) is 22.0. The van der Waals surface area contributed by atoms with E-state index >= 15 is 0 Å². The Labute approximate surface area is 306 Å². The van der Waals surface area contributed by atoms with Crippen LogP contribution in [0.15, 0.2) is 121 Å². The molecule has 280 valence electrons. The van der Waals surface area contributed by atoms with Crippen molar-refractivity contribution in [2.24, 2.45) is 0 Å². The second kappa shape index (κ2) is 18.2. The first-order valence-electron chi connectivity index (χ1n) is 17.1. The van der Waals surface area contributed by atoms with Gasteiger partial charge in [-0.05, 0) is 48.5 Å². The predicted octanol–water partition coefficient (Wildman–Crippen LogP) is 3.42. The number of hydrogen-bond donors (Lipinski definition) is 4. The molecule has 4 unspecified atom stereocenters. The van der Waals surface area contributed by atoms with E-state index in [1.807, 2.05) is 19.6 Å². The van der Waals surface area contributed by atoms with Crippen LogP contribution in [-0.4, -0.2) is 117 Å². The van der Waals surface area contributed by atoms with Crippen molar-refractivity contribution in [2.45, 2.75) is 0 Å². The first-order valence-corrected chi connectivity index (χ1v) is 24.5. The van der Waals surface area contributed by atoms with Gasteiger partial charge >= 0.3 is 0 Å². The summed E-state index contributed by atoms with van der Waals surface area (Å²) in [4.78, 5) is 52.2. The first-order chi connectivity index (χ1) is 24.7. The molecule has 4 aromatic rings. The van der Waals surface area contributed by atoms with Crippen molar-refractivity contribution in [3.8, 4) is 0 Å². The zero-order valence-corrected chi connectivity index (χ0v) is 32.6. The Hall–Kier alpha value is -2.52. The summed E-state index contributed by atoms with van der Waals surface area (Å²) in [5, 5.41) is 1.24. The molecule has 5 rings (SSSR count). The van der Waals surface area contributed by atoms with Crippen LogP contribution in [0.25, 0.3) is 0 Å². The lowest BCUT2D eigenvalue weighted by Crippen LogP contribution is -2.47. The van der Waals surface area contributed by atoms with Crippen molar-refractivity contribution in [2.75, 3.05) is 77.5 Å². The van der Waals surface area contributed by atoms with Gasteiger partial charge in [0, 0.05) is 73.6 Å². The van der Waals surface area contributed by atoms with Gasteiger partial charge in [0.1, 0.15) is 0 Å². The van der Waals surface area contributed by atoms with Crippen LogP contribution in [0.3, 0.4) is 0 Å². The molecule has 0 radical (unpaired) electrons. The molecule has 4 N–H and O–H groups in total. The van der Waals surface area contributed by atoms with Gasteiger partial charge in [-0.15, -0.1) is 0 Å². The standard InChI is InChI=1S/C36H48N4O8P4/c41-49(42,33-13-5-1-6-14-33)29-37-21-23-38(30-50(43,44)34-15-7-2-8-16-34)25-27-40(32-52(47,48)36-19-11-4-12-20-36)28-26-39(24-22-37)31-51(45,46)35-17-9-3-10-18-35/h1-20H,21-32H2,(H,41,42)(H,43,44)(H,45,46)(H,47,48). The van der Waals surface area contributed by atoms with Crippen molar-refractivity contribution in [3.63, 3.8) is 0 Å². The van der Waals surface area contributed by atoms with E-state index < -0.39 is 29.5 Å². The molecule has 1 aliphatic heterocycles. The Morgan fingerprint density at radius 2 is 0.481 bits per heavy atom. The summed E-state index contributed by atoms with van der Waals surface area (Å²) in [6.07, 6.45) is -0.720. The van der Waals surface area contributed by atoms with Crippen molar-refractivity contribution >= 4 is 50.7 Å². The van der Waals surface area contributed by atoms with E-state index in [2.05, 4.69) is 0 Å². The van der Waals surface area contributed by atoms with Crippen molar-refractivity contribution in [1.29, 1.82) is 0 Å². The molecule has 0 saturated carbocycles. The Morgan fingerprint density at radius 1 is 0.327 bits per heavy atom. The van der Waals surface area contributed by atoms with E-state index in [0.29, 0.717) is 21.2 Å². The molecular weight excluding hydrogens is 740 g/mol. The average molecular weight is 789 g/mol. The number of benzene rings is 4. The lowest BCUT2D eigenvalue weighted by molar-refractivity contribution is 0.160. The quantitative estimate of drug-likeness (QED) is 0.155. The molecule has 0 amide bonds. The fraction of sp³-hybridized carbons (Fsp3) is 0.333. The topological polar surface area (TPSA) is 162 Å². The summed E-state index contributed by atoms with van der Waals surface area (Å²) in [6, 6.07) is 33.7. The van der Waals surface area contributed by atoms with Crippen LogP contribution in [0.5, 0.6) is 0 Å². The minimum atomic E-state index is -3.86. The second-order valence-electron chi connectivity index (χ2n) is 13.2. The van der Waals surface area contributed by atoms with E-state index in [1.165, 1.54) is 0 Å². The van der Waals surface area contributed by atoms with Crippen LogP contribution in [-0.2, 0) is 18.3 Å². The van der Waals surface area contributed by atoms with Gasteiger partial charge in [0.2, 0.25) is 29.5 Å². The minimum absolute atomic E-state index is 0.180. The van der Waals surface area contributed by atoms with E-state index in [-0.39, 0.29) is 77.5 Å². The zero-order chi connectivity index (χ0) is 37.2. The molecule has 0 spiro atoms. The van der Waals surface area contributed by atoms with E-state index in [1.54, 1.807) is 121 Å². The Balaban J connectivity index is 1.44. The third-order valence-electron chi connectivity index (χ3n) is 9.14. The molecule has 0 bridgehead atoms. The molecule has 0 aromatic heterocycles.